The SMILES string of the molecule is COc1cccc(N2C(=O)C(=Cc3ccc(F)cc3F)SC2=S)c1. The second kappa shape index (κ2) is 6.70. The molecule has 3 rings (SSSR count). The molecule has 1 aliphatic rings. The molecule has 7 heteroatoms. The Kier molecular flexibility index (Phi) is 4.64. The molecule has 0 bridgehead atoms. The van der Waals surface area contributed by atoms with Gasteiger partial charge in [-0.1, -0.05) is 30.0 Å². The number of hydrogen-bond donors (Lipinski definition) is 0. The van der Waals surface area contributed by atoms with Gasteiger partial charge < -0.3 is 4.74 Å². The molecule has 24 heavy (non-hydrogen) atoms. The molecule has 1 aliphatic heterocycles. The summed E-state index contributed by atoms with van der Waals surface area (Å²) in [6, 6.07) is 10.1. The van der Waals surface area contributed by atoms with Crippen LogP contribution in [0.5, 0.6) is 5.75 Å². The molecule has 2 aromatic carbocycles. The number of nitrogens with zero attached hydrogens (tertiary/aromatic N) is 1. The van der Waals surface area contributed by atoms with E-state index in [0.717, 1.165) is 23.9 Å². The Hall–Kier alpha value is -2.25. The van der Waals surface area contributed by atoms with E-state index >= 15 is 0 Å². The number of benzene rings is 2. The maximum absolute atomic E-state index is 13.8. The number of thioether (sulfide) groups is 1. The summed E-state index contributed by atoms with van der Waals surface area (Å²) < 4.78 is 32.2. The van der Waals surface area contributed by atoms with Crippen molar-refractivity contribution in [2.75, 3.05) is 12.0 Å². The lowest BCUT2D eigenvalue weighted by Gasteiger charge is -2.15. The molecule has 0 saturated carbocycles. The average Bonchev–Trinajstić information content (AvgIpc) is 2.84. The number of anilines is 1. The molecule has 0 radical (unpaired) electrons. The van der Waals surface area contributed by atoms with E-state index in [4.69, 9.17) is 17.0 Å². The van der Waals surface area contributed by atoms with Crippen molar-refractivity contribution in [1.29, 1.82) is 0 Å². The van der Waals surface area contributed by atoms with Crippen LogP contribution in [0.2, 0.25) is 0 Å². The third kappa shape index (κ3) is 3.18. The predicted octanol–water partition coefficient (Wildman–Crippen LogP) is 4.38. The molecule has 1 heterocycles. The first-order valence-electron chi connectivity index (χ1n) is 6.86. The van der Waals surface area contributed by atoms with Crippen LogP contribution in [0, 0.1) is 11.6 Å². The maximum Gasteiger partial charge on any atom is 0.270 e. The third-order valence-corrected chi connectivity index (χ3v) is 4.66. The summed E-state index contributed by atoms with van der Waals surface area (Å²) in [7, 11) is 1.53. The van der Waals surface area contributed by atoms with Gasteiger partial charge >= 0.3 is 0 Å². The van der Waals surface area contributed by atoms with E-state index in [1.54, 1.807) is 24.3 Å². The van der Waals surface area contributed by atoms with Crippen LogP contribution in [0.25, 0.3) is 6.08 Å². The number of methoxy groups -OCH3 is 1. The quantitative estimate of drug-likeness (QED) is 0.598. The lowest BCUT2D eigenvalue weighted by atomic mass is 10.2. The van der Waals surface area contributed by atoms with Crippen molar-refractivity contribution in [2.45, 2.75) is 0 Å². The van der Waals surface area contributed by atoms with Crippen LogP contribution in [0.15, 0.2) is 47.4 Å². The monoisotopic (exact) mass is 363 g/mol. The van der Waals surface area contributed by atoms with Crippen molar-refractivity contribution >= 4 is 46.0 Å². The summed E-state index contributed by atoms with van der Waals surface area (Å²) in [6.07, 6.45) is 1.37. The second-order valence-electron chi connectivity index (χ2n) is 4.88. The number of hydrogen-bond acceptors (Lipinski definition) is 4. The Bertz CT molecular complexity index is 867. The van der Waals surface area contributed by atoms with Crippen LogP contribution in [0.3, 0.4) is 0 Å². The smallest absolute Gasteiger partial charge is 0.270 e. The van der Waals surface area contributed by atoms with Crippen molar-refractivity contribution in [3.8, 4) is 5.75 Å². The first-order chi connectivity index (χ1) is 11.5. The minimum absolute atomic E-state index is 0.127. The standard InChI is InChI=1S/C17H11F2NO2S2/c1-22-13-4-2-3-12(9-13)20-16(21)15(24-17(20)23)7-10-5-6-11(18)8-14(10)19/h2-9H,1H3. The van der Waals surface area contributed by atoms with Gasteiger partial charge in [-0.2, -0.15) is 0 Å². The summed E-state index contributed by atoms with van der Waals surface area (Å²) in [5.41, 5.74) is 0.697. The molecule has 3 nitrogen and oxygen atoms in total. The van der Waals surface area contributed by atoms with Crippen molar-refractivity contribution in [1.82, 2.24) is 0 Å². The van der Waals surface area contributed by atoms with Gasteiger partial charge in [0.05, 0.1) is 17.7 Å². The fourth-order valence-corrected chi connectivity index (χ4v) is 3.49. The topological polar surface area (TPSA) is 29.5 Å². The number of carbonyl (C=O) groups excluding carboxylic acids is 1. The Balaban J connectivity index is 1.95. The van der Waals surface area contributed by atoms with Gasteiger partial charge in [0.15, 0.2) is 4.32 Å². The van der Waals surface area contributed by atoms with Crippen molar-refractivity contribution < 1.29 is 18.3 Å². The van der Waals surface area contributed by atoms with E-state index < -0.39 is 11.6 Å². The largest absolute Gasteiger partial charge is 0.497 e. The summed E-state index contributed by atoms with van der Waals surface area (Å²) in [5, 5.41) is 0. The zero-order chi connectivity index (χ0) is 17.3. The highest BCUT2D eigenvalue weighted by Gasteiger charge is 2.33. The van der Waals surface area contributed by atoms with Crippen molar-refractivity contribution in [2.24, 2.45) is 0 Å². The molecule has 0 atom stereocenters. The van der Waals surface area contributed by atoms with Gasteiger partial charge in [-0.15, -0.1) is 0 Å². The number of carbonyl (C=O) groups is 1. The van der Waals surface area contributed by atoms with Gasteiger partial charge in [0, 0.05) is 17.7 Å². The van der Waals surface area contributed by atoms with Crippen molar-refractivity contribution in [3.05, 3.63) is 64.6 Å². The Morgan fingerprint density at radius 3 is 2.71 bits per heavy atom. The van der Waals surface area contributed by atoms with E-state index in [1.807, 2.05) is 0 Å². The van der Waals surface area contributed by atoms with Gasteiger partial charge in [-0.05, 0) is 30.3 Å². The molecule has 1 amide bonds. The molecule has 0 N–H and O–H groups in total. The number of thiocarbonyl (C=S) groups is 1. The van der Waals surface area contributed by atoms with E-state index in [9.17, 15) is 13.6 Å². The minimum atomic E-state index is -0.735. The summed E-state index contributed by atoms with van der Waals surface area (Å²) in [4.78, 5) is 14.2. The normalized spacial score (nSPS) is 16.1. The maximum atomic E-state index is 13.8. The first-order valence-corrected chi connectivity index (χ1v) is 8.09. The van der Waals surface area contributed by atoms with Gasteiger partial charge in [0.1, 0.15) is 17.4 Å². The van der Waals surface area contributed by atoms with E-state index in [2.05, 4.69) is 0 Å². The zero-order valence-corrected chi connectivity index (χ0v) is 14.1. The lowest BCUT2D eigenvalue weighted by Crippen LogP contribution is -2.27. The lowest BCUT2D eigenvalue weighted by molar-refractivity contribution is -0.113. The minimum Gasteiger partial charge on any atom is -0.497 e. The third-order valence-electron chi connectivity index (χ3n) is 3.35. The van der Waals surface area contributed by atoms with Crippen LogP contribution in [-0.4, -0.2) is 17.3 Å². The fourth-order valence-electron chi connectivity index (χ4n) is 2.20. The second-order valence-corrected chi connectivity index (χ2v) is 6.56. The fraction of sp³-hybridized carbons (Fsp3) is 0.0588. The first kappa shape index (κ1) is 16.6. The van der Waals surface area contributed by atoms with E-state index in [-0.39, 0.29) is 16.4 Å². The summed E-state index contributed by atoms with van der Waals surface area (Å²) >= 11 is 6.32. The van der Waals surface area contributed by atoms with Gasteiger partial charge in [-0.3, -0.25) is 9.69 Å². The molecule has 122 valence electrons. The number of ether oxygens (including phenoxy) is 1. The number of halogens is 2. The molecule has 2 aromatic rings. The predicted molar refractivity (Wildman–Crippen MR) is 95.0 cm³/mol. The van der Waals surface area contributed by atoms with Gasteiger partial charge in [0.25, 0.3) is 5.91 Å². The molecule has 0 aliphatic carbocycles. The molecule has 0 aromatic heterocycles. The molecule has 1 saturated heterocycles. The highest BCUT2D eigenvalue weighted by Crippen LogP contribution is 2.37. The van der Waals surface area contributed by atoms with Crippen LogP contribution < -0.4 is 9.64 Å². The van der Waals surface area contributed by atoms with E-state index in [1.165, 1.54) is 24.2 Å². The van der Waals surface area contributed by atoms with Gasteiger partial charge in [-0.25, -0.2) is 8.78 Å². The number of rotatable bonds is 3. The van der Waals surface area contributed by atoms with Crippen LogP contribution in [0.4, 0.5) is 14.5 Å². The van der Waals surface area contributed by atoms with E-state index in [0.29, 0.717) is 15.8 Å². The number of amides is 1. The molecular weight excluding hydrogens is 352 g/mol. The Labute approximate surface area is 146 Å². The van der Waals surface area contributed by atoms with Crippen LogP contribution in [-0.2, 0) is 4.79 Å². The van der Waals surface area contributed by atoms with Crippen molar-refractivity contribution in [3.63, 3.8) is 0 Å². The molecule has 0 unspecified atom stereocenters. The molecular formula is C17H11F2NO2S2. The Morgan fingerprint density at radius 2 is 2.00 bits per heavy atom. The zero-order valence-electron chi connectivity index (χ0n) is 12.5. The molecule has 0 spiro atoms. The van der Waals surface area contributed by atoms with Crippen LogP contribution >= 0.6 is 24.0 Å². The highest BCUT2D eigenvalue weighted by atomic mass is 32.2. The average molecular weight is 363 g/mol. The highest BCUT2D eigenvalue weighted by molar-refractivity contribution is 8.27. The van der Waals surface area contributed by atoms with Gasteiger partial charge in [0.2, 0.25) is 0 Å². The Morgan fingerprint density at radius 1 is 1.21 bits per heavy atom. The van der Waals surface area contributed by atoms with Crippen LogP contribution in [0.1, 0.15) is 5.56 Å². The molecule has 1 fully saturated rings. The summed E-state index contributed by atoms with van der Waals surface area (Å²) in [6.45, 7) is 0. The summed E-state index contributed by atoms with van der Waals surface area (Å²) in [5.74, 6) is -1.17.